The predicted octanol–water partition coefficient (Wildman–Crippen LogP) is 0.808. The third-order valence-electron chi connectivity index (χ3n) is 9.24. The standard InChI is InChI=1S/C41H56N6O9S2/c42-24-34(49)22-31(19-28-7-3-1-4-8-28)40(55)46-26-35(50)21-30(11-13-37(43)52)39(54)45-27-36(51)23-32(20-29-9-5-2-6-10-29)41(56)44-25-33(48)12-14-38(53)47(15-17-57)16-18-58/h1-10,30-32,57-58H,11-27,42H2,(H2,43,52)(H,44,56)(H,45,54)(H,46,55)/t30-,31-,32?/m1/s1. The van der Waals surface area contributed by atoms with E-state index in [4.69, 9.17) is 11.5 Å². The van der Waals surface area contributed by atoms with Crippen LogP contribution in [0.15, 0.2) is 60.7 Å². The Morgan fingerprint density at radius 1 is 0.552 bits per heavy atom. The largest absolute Gasteiger partial charge is 0.370 e. The van der Waals surface area contributed by atoms with Crippen molar-refractivity contribution in [3.63, 3.8) is 0 Å². The number of nitrogens with zero attached hydrogens (tertiary/aromatic N) is 1. The van der Waals surface area contributed by atoms with Crippen LogP contribution in [0.25, 0.3) is 0 Å². The van der Waals surface area contributed by atoms with Crippen LogP contribution in [-0.2, 0) is 56.0 Å². The second-order valence-electron chi connectivity index (χ2n) is 13.9. The van der Waals surface area contributed by atoms with Crippen LogP contribution in [0, 0.1) is 17.8 Å². The average molecular weight is 841 g/mol. The molecule has 2 rings (SSSR count). The van der Waals surface area contributed by atoms with Gasteiger partial charge >= 0.3 is 0 Å². The van der Waals surface area contributed by atoms with Gasteiger partial charge in [-0.2, -0.15) is 25.3 Å². The number of carbonyl (C=O) groups excluding carboxylic acids is 9. The molecule has 0 aliphatic rings. The smallest absolute Gasteiger partial charge is 0.224 e. The van der Waals surface area contributed by atoms with Crippen LogP contribution in [-0.4, -0.2) is 108 Å². The maximum absolute atomic E-state index is 13.3. The number of carbonyl (C=O) groups is 9. The zero-order chi connectivity index (χ0) is 42.9. The first-order valence-corrected chi connectivity index (χ1v) is 20.5. The summed E-state index contributed by atoms with van der Waals surface area (Å²) in [6, 6.07) is 18.0. The van der Waals surface area contributed by atoms with Gasteiger partial charge in [-0.15, -0.1) is 0 Å². The third kappa shape index (κ3) is 20.0. The number of rotatable bonds is 30. The number of primary amides is 1. The van der Waals surface area contributed by atoms with Crippen LogP contribution in [0.5, 0.6) is 0 Å². The van der Waals surface area contributed by atoms with Crippen LogP contribution >= 0.6 is 25.3 Å². The second kappa shape index (κ2) is 27.7. The van der Waals surface area contributed by atoms with Crippen molar-refractivity contribution < 1.29 is 43.2 Å². The van der Waals surface area contributed by atoms with Crippen LogP contribution in [0.3, 0.4) is 0 Å². The molecule has 1 unspecified atom stereocenters. The fourth-order valence-electron chi connectivity index (χ4n) is 6.09. The van der Waals surface area contributed by atoms with Crippen molar-refractivity contribution in [2.45, 2.75) is 57.8 Å². The summed E-state index contributed by atoms with van der Waals surface area (Å²) in [6.07, 6.45) is -0.816. The predicted molar refractivity (Wildman–Crippen MR) is 225 cm³/mol. The van der Waals surface area contributed by atoms with Gasteiger partial charge in [-0.1, -0.05) is 60.7 Å². The lowest BCUT2D eigenvalue weighted by Crippen LogP contribution is -2.41. The molecule has 3 atom stereocenters. The van der Waals surface area contributed by atoms with Gasteiger partial charge in [-0.25, -0.2) is 0 Å². The van der Waals surface area contributed by atoms with Crippen molar-refractivity contribution >= 4 is 77.9 Å². The van der Waals surface area contributed by atoms with Gasteiger partial charge in [0.1, 0.15) is 5.78 Å². The minimum Gasteiger partial charge on any atom is -0.370 e. The number of Topliss-reactive ketones (excluding diaryl/α,β-unsaturated/α-hetero) is 4. The molecule has 58 heavy (non-hydrogen) atoms. The average Bonchev–Trinajstić information content (AvgIpc) is 3.21. The van der Waals surface area contributed by atoms with E-state index in [1.807, 2.05) is 18.2 Å². The van der Waals surface area contributed by atoms with E-state index in [0.29, 0.717) is 24.6 Å². The minimum absolute atomic E-state index is 0.0326. The number of thiol groups is 2. The van der Waals surface area contributed by atoms with Gasteiger partial charge in [0, 0.05) is 80.9 Å². The molecule has 2 aromatic rings. The molecule has 316 valence electrons. The monoisotopic (exact) mass is 840 g/mol. The number of hydrogen-bond donors (Lipinski definition) is 7. The number of hydrogen-bond acceptors (Lipinski definition) is 12. The third-order valence-corrected chi connectivity index (χ3v) is 9.64. The van der Waals surface area contributed by atoms with Crippen LogP contribution in [0.1, 0.15) is 56.1 Å². The highest BCUT2D eigenvalue weighted by Gasteiger charge is 2.27. The number of amides is 5. The Morgan fingerprint density at radius 2 is 0.966 bits per heavy atom. The zero-order valence-electron chi connectivity index (χ0n) is 32.7. The number of benzene rings is 2. The molecule has 0 fully saturated rings. The summed E-state index contributed by atoms with van der Waals surface area (Å²) in [4.78, 5) is 116. The van der Waals surface area contributed by atoms with Crippen LogP contribution in [0.4, 0.5) is 0 Å². The Labute approximate surface area is 350 Å². The summed E-state index contributed by atoms with van der Waals surface area (Å²) in [5.74, 6) is -6.23. The lowest BCUT2D eigenvalue weighted by Gasteiger charge is -2.21. The first kappa shape index (κ1) is 49.3. The Balaban J connectivity index is 2.01. The summed E-state index contributed by atoms with van der Waals surface area (Å²) in [7, 11) is 0. The van der Waals surface area contributed by atoms with E-state index in [9.17, 15) is 43.2 Å². The molecule has 0 bridgehead atoms. The molecule has 0 saturated carbocycles. The second-order valence-corrected chi connectivity index (χ2v) is 14.8. The van der Waals surface area contributed by atoms with E-state index in [1.165, 1.54) is 0 Å². The van der Waals surface area contributed by atoms with Crippen LogP contribution in [0.2, 0.25) is 0 Å². The quantitative estimate of drug-likeness (QED) is 0.0546. The highest BCUT2D eigenvalue weighted by Crippen LogP contribution is 2.17. The highest BCUT2D eigenvalue weighted by molar-refractivity contribution is 7.80. The first-order valence-electron chi connectivity index (χ1n) is 19.2. The Morgan fingerprint density at radius 3 is 1.40 bits per heavy atom. The highest BCUT2D eigenvalue weighted by atomic mass is 32.1. The molecule has 7 N–H and O–H groups in total. The maximum Gasteiger partial charge on any atom is 0.224 e. The fourth-order valence-corrected chi connectivity index (χ4v) is 6.58. The summed E-state index contributed by atoms with van der Waals surface area (Å²) in [6.45, 7) is -0.659. The lowest BCUT2D eigenvalue weighted by atomic mass is 9.92. The van der Waals surface area contributed by atoms with E-state index in [1.54, 1.807) is 47.4 Å². The Bertz CT molecular complexity index is 1690. The van der Waals surface area contributed by atoms with Crippen molar-refractivity contribution in [3.8, 4) is 0 Å². The van der Waals surface area contributed by atoms with Crippen molar-refractivity contribution in [1.29, 1.82) is 0 Å². The van der Waals surface area contributed by atoms with Crippen LogP contribution < -0.4 is 27.4 Å². The molecule has 0 aliphatic heterocycles. The molecule has 0 aromatic heterocycles. The van der Waals surface area contributed by atoms with Gasteiger partial charge in [0.25, 0.3) is 0 Å². The maximum atomic E-state index is 13.3. The fraction of sp³-hybridized carbons (Fsp3) is 0.488. The normalized spacial score (nSPS) is 12.3. The van der Waals surface area contributed by atoms with E-state index in [2.05, 4.69) is 41.2 Å². The number of ketones is 4. The molecule has 15 nitrogen and oxygen atoms in total. The lowest BCUT2D eigenvalue weighted by molar-refractivity contribution is -0.133. The summed E-state index contributed by atoms with van der Waals surface area (Å²) in [5, 5.41) is 7.63. The summed E-state index contributed by atoms with van der Waals surface area (Å²) >= 11 is 8.32. The molecule has 0 radical (unpaired) electrons. The van der Waals surface area contributed by atoms with Crippen molar-refractivity contribution in [2.24, 2.45) is 29.2 Å². The van der Waals surface area contributed by atoms with Crippen molar-refractivity contribution in [1.82, 2.24) is 20.9 Å². The van der Waals surface area contributed by atoms with E-state index < -0.39 is 66.0 Å². The Kier molecular flexibility index (Phi) is 23.5. The van der Waals surface area contributed by atoms with Gasteiger partial charge in [0.15, 0.2) is 17.3 Å². The number of nitrogens with one attached hydrogen (secondary N) is 3. The molecule has 5 amide bonds. The molecule has 0 heterocycles. The van der Waals surface area contributed by atoms with Gasteiger partial charge in [0.05, 0.1) is 26.2 Å². The summed E-state index contributed by atoms with van der Waals surface area (Å²) < 4.78 is 0. The van der Waals surface area contributed by atoms with Gasteiger partial charge in [-0.05, 0) is 30.4 Å². The topological polar surface area (TPSA) is 245 Å². The minimum atomic E-state index is -1.06. The SMILES string of the molecule is NCC(=O)C[C@@H](Cc1ccccc1)C(=O)NCC(=O)C[C@@H](CCC(N)=O)C(=O)NCC(=O)CC(Cc1ccccc1)C(=O)NCC(=O)CCC(=O)N(CCS)CCS. The molecule has 0 saturated heterocycles. The zero-order valence-corrected chi connectivity index (χ0v) is 34.5. The molecule has 0 spiro atoms. The Hall–Kier alpha value is -4.87. The van der Waals surface area contributed by atoms with Gasteiger partial charge < -0.3 is 32.3 Å². The van der Waals surface area contributed by atoms with E-state index in [0.717, 1.165) is 11.1 Å². The molecule has 17 heteroatoms. The summed E-state index contributed by atoms with van der Waals surface area (Å²) in [5.41, 5.74) is 12.4. The molecular weight excluding hydrogens is 785 g/mol. The number of nitrogens with two attached hydrogens (primary N) is 2. The molecular formula is C41H56N6O9S2. The van der Waals surface area contributed by atoms with Crippen molar-refractivity contribution in [3.05, 3.63) is 71.8 Å². The van der Waals surface area contributed by atoms with Crippen molar-refractivity contribution in [2.75, 3.05) is 50.8 Å². The van der Waals surface area contributed by atoms with Gasteiger partial charge in [-0.3, -0.25) is 43.2 Å². The van der Waals surface area contributed by atoms with E-state index >= 15 is 0 Å². The van der Waals surface area contributed by atoms with E-state index in [-0.39, 0.29) is 88.4 Å². The molecule has 0 aliphatic carbocycles. The van der Waals surface area contributed by atoms with Gasteiger partial charge in [0.2, 0.25) is 29.5 Å². The first-order chi connectivity index (χ1) is 27.8. The molecule has 2 aromatic carbocycles.